The maximum atomic E-state index is 13.2. The van der Waals surface area contributed by atoms with Crippen molar-refractivity contribution in [2.75, 3.05) is 78.0 Å². The highest BCUT2D eigenvalue weighted by atomic mass is 79.9. The SMILES string of the molecule is CC1C(O)[C@H](O[C@@H]2OC(CO[C@]3(C(=O)O)C[C@@H](O)[C@@H](N)[C@@](O)(C(O)CO)O3)[C@H](O)C(O)[C@@H]2O)[C@H](CO)O[C@H]1O[C@H](C(O)[C@H](O)CCO)[C@H](O)OCC1O[C@@H](O[C@@H]2C(CO)O[C@@H](O[C@@H]3C(CO)O[C@@H](NC(=O)CC(NC(=O)CBr)C(=O)O)[C@@H](C)C3O)[C@@H](C)C2O)[C@H](O)C(O[C@H]2OC(CO)[C@@H](O)C(O)C2O[C@@H]2OC(CO)[C@@H](O[C@@H]3OC(CO[C@]4(C(=O)O)C[C@@H](O)[C@@H](N)[C@@](O)(C(O)CO)O4)[C@H](O)C(O)[C@@H]3O)C(O)[C@@H]2C)[C@@H]1O. The van der Waals surface area contributed by atoms with Crippen LogP contribution in [0.3, 0.4) is 0 Å². The molecule has 10 aliphatic heterocycles. The third-order valence-corrected chi connectivity index (χ3v) is 27.7. The second-order valence-electron chi connectivity index (χ2n) is 36.9. The van der Waals surface area contributed by atoms with Gasteiger partial charge in [-0.2, -0.15) is 0 Å². The molecule has 0 spiro atoms. The molecule has 55 atom stereocenters. The lowest BCUT2D eigenvalue weighted by atomic mass is 9.88. The van der Waals surface area contributed by atoms with Crippen molar-refractivity contribution in [1.82, 2.24) is 10.6 Å². The molecule has 21 unspecified atom stereocenters. The van der Waals surface area contributed by atoms with Gasteiger partial charge in [0.2, 0.25) is 23.4 Å². The maximum Gasteiger partial charge on any atom is 0.364 e. The number of nitrogens with one attached hydrogen (secondary N) is 2. The van der Waals surface area contributed by atoms with Crippen LogP contribution in [0.2, 0.25) is 0 Å². The Hall–Kier alpha value is -4.29. The number of aliphatic hydroxyl groups excluding tert-OH is 29. The Bertz CT molecular complexity index is 4030. The average Bonchev–Trinajstić information content (AvgIpc) is 0.742. The second kappa shape index (κ2) is 51.6. The minimum Gasteiger partial charge on any atom is -0.480 e. The first-order valence-corrected chi connectivity index (χ1v) is 46.8. The first-order valence-electron chi connectivity index (χ1n) is 45.7. The molecular weight excluding hydrogens is 2040 g/mol. The van der Waals surface area contributed by atoms with Crippen LogP contribution < -0.4 is 22.1 Å². The molecule has 0 bridgehead atoms. The Morgan fingerprint density at radius 3 is 1.17 bits per heavy atom. The minimum absolute atomic E-state index is 0.329. The average molecular weight is 2180 g/mol. The van der Waals surface area contributed by atoms with E-state index >= 15 is 0 Å². The normalized spacial score (nSPS) is 46.6. The number of hydrogen-bond acceptors (Lipinski definition) is 58. The van der Waals surface area contributed by atoms with E-state index in [9.17, 15) is 198 Å². The van der Waals surface area contributed by atoms with Crippen LogP contribution in [-0.2, 0) is 119 Å². The van der Waals surface area contributed by atoms with E-state index in [1.165, 1.54) is 13.8 Å². The molecule has 10 fully saturated rings. The number of hydrogen-bond donors (Lipinski definition) is 38. The van der Waals surface area contributed by atoms with E-state index < -0.39 is 463 Å². The van der Waals surface area contributed by atoms with Crippen LogP contribution in [0.15, 0.2) is 0 Å². The fraction of sp³-hybridized carbons (Fsp3) is 0.938. The largest absolute Gasteiger partial charge is 0.480 e. The molecule has 144 heavy (non-hydrogen) atoms. The number of carbonyl (C=O) groups is 5. The molecule has 0 aromatic heterocycles. The summed E-state index contributed by atoms with van der Waals surface area (Å²) in [5, 5.41) is 382. The van der Waals surface area contributed by atoms with E-state index in [0.717, 1.165) is 13.8 Å². The predicted octanol–water partition coefficient (Wildman–Crippen LogP) is -22.2. The summed E-state index contributed by atoms with van der Waals surface area (Å²) >= 11 is 2.88. The highest BCUT2D eigenvalue weighted by Crippen LogP contribution is 2.45. The third kappa shape index (κ3) is 26.2. The molecular formula is C80H135BrN4O59. The van der Waals surface area contributed by atoms with E-state index in [-0.39, 0.29) is 5.33 Å². The van der Waals surface area contributed by atoms with Gasteiger partial charge in [0.25, 0.3) is 11.6 Å². The molecule has 10 aliphatic rings. The van der Waals surface area contributed by atoms with Gasteiger partial charge < -0.3 is 290 Å². The van der Waals surface area contributed by atoms with Crippen molar-refractivity contribution < 1.29 is 292 Å². The van der Waals surface area contributed by atoms with Crippen molar-refractivity contribution in [2.45, 2.75) is 365 Å². The van der Waals surface area contributed by atoms with Crippen LogP contribution in [0, 0.1) is 23.7 Å². The molecule has 0 aromatic rings. The fourth-order valence-corrected chi connectivity index (χ4v) is 18.2. The summed E-state index contributed by atoms with van der Waals surface area (Å²) in [5.41, 5.74) is 11.6. The Balaban J connectivity index is 0.904. The number of alkyl halides is 1. The summed E-state index contributed by atoms with van der Waals surface area (Å²) in [6.07, 6.45) is -98.4. The van der Waals surface area contributed by atoms with Crippen LogP contribution >= 0.6 is 15.9 Å². The van der Waals surface area contributed by atoms with Gasteiger partial charge in [-0.15, -0.1) is 0 Å². The molecule has 0 aromatic carbocycles. The zero-order chi connectivity index (χ0) is 107. The Labute approximate surface area is 823 Å². The van der Waals surface area contributed by atoms with Gasteiger partial charge in [0, 0.05) is 43.1 Å². The predicted molar refractivity (Wildman–Crippen MR) is 449 cm³/mol. The number of aliphatic carboxylic acids is 3. The number of carbonyl (C=O) groups excluding carboxylic acids is 2. The Kier molecular flexibility index (Phi) is 43.6. The maximum absolute atomic E-state index is 13.2. The Morgan fingerprint density at radius 1 is 0.403 bits per heavy atom. The molecule has 0 aliphatic carbocycles. The number of carboxylic acid groups (broad SMARTS) is 3. The zero-order valence-corrected chi connectivity index (χ0v) is 78.8. The summed E-state index contributed by atoms with van der Waals surface area (Å²) < 4.78 is 117. The summed E-state index contributed by atoms with van der Waals surface area (Å²) in [7, 11) is 0. The van der Waals surface area contributed by atoms with Gasteiger partial charge in [-0.3, -0.25) is 9.59 Å². The lowest BCUT2D eigenvalue weighted by molar-refractivity contribution is -0.408. The number of nitrogens with two attached hydrogens (primary N) is 2. The zero-order valence-electron chi connectivity index (χ0n) is 77.2. The monoisotopic (exact) mass is 2170 g/mol. The number of aliphatic hydroxyl groups is 31. The summed E-state index contributed by atoms with van der Waals surface area (Å²) in [4.78, 5) is 62.8. The number of ether oxygens (including phenoxy) is 20. The van der Waals surface area contributed by atoms with Gasteiger partial charge in [0.1, 0.15) is 183 Å². The van der Waals surface area contributed by atoms with E-state index in [0.29, 0.717) is 0 Å². The second-order valence-corrected chi connectivity index (χ2v) is 37.5. The highest BCUT2D eigenvalue weighted by Gasteiger charge is 2.66. The topological polar surface area (TPSA) is 1030 Å². The van der Waals surface area contributed by atoms with Crippen LogP contribution in [0.1, 0.15) is 53.4 Å². The van der Waals surface area contributed by atoms with Gasteiger partial charge in [-0.1, -0.05) is 43.6 Å². The van der Waals surface area contributed by atoms with Gasteiger partial charge >= 0.3 is 17.9 Å². The molecule has 64 heteroatoms. The number of amides is 2. The summed E-state index contributed by atoms with van der Waals surface area (Å²) in [6, 6.07) is -5.71. The van der Waals surface area contributed by atoms with Gasteiger partial charge in [-0.25, -0.2) is 14.4 Å². The first kappa shape index (κ1) is 122. The van der Waals surface area contributed by atoms with E-state index in [4.69, 9.17) is 106 Å². The van der Waals surface area contributed by atoms with Gasteiger partial charge in [0.05, 0.1) is 133 Å². The lowest BCUT2D eigenvalue weighted by Crippen LogP contribution is -2.73. The van der Waals surface area contributed by atoms with Gasteiger partial charge in [-0.05, 0) is 6.42 Å². The molecule has 836 valence electrons. The molecule has 10 heterocycles. The molecule has 63 nitrogen and oxygen atoms in total. The van der Waals surface area contributed by atoms with E-state index in [2.05, 4.69) is 26.6 Å². The van der Waals surface area contributed by atoms with E-state index in [1.807, 2.05) is 0 Å². The molecule has 2 amide bonds. The van der Waals surface area contributed by atoms with Crippen molar-refractivity contribution in [1.29, 1.82) is 0 Å². The van der Waals surface area contributed by atoms with Crippen LogP contribution in [0.4, 0.5) is 0 Å². The van der Waals surface area contributed by atoms with E-state index in [1.54, 1.807) is 0 Å². The fourth-order valence-electron chi connectivity index (χ4n) is 18.1. The molecule has 0 radical (unpaired) electrons. The van der Waals surface area contributed by atoms with Crippen molar-refractivity contribution in [3.8, 4) is 0 Å². The van der Waals surface area contributed by atoms with Crippen LogP contribution in [0.25, 0.3) is 0 Å². The van der Waals surface area contributed by atoms with Crippen molar-refractivity contribution in [2.24, 2.45) is 35.1 Å². The van der Waals surface area contributed by atoms with Crippen molar-refractivity contribution in [3.05, 3.63) is 0 Å². The van der Waals surface area contributed by atoms with Crippen LogP contribution in [0.5, 0.6) is 0 Å². The first-order chi connectivity index (χ1) is 67.6. The summed E-state index contributed by atoms with van der Waals surface area (Å²) in [5.74, 6) is -26.3. The number of halogens is 1. The number of rotatable bonds is 45. The van der Waals surface area contributed by atoms with Gasteiger partial charge in [0.15, 0.2) is 50.3 Å². The van der Waals surface area contributed by atoms with Crippen LogP contribution in [-0.4, -0.2) is 593 Å². The lowest BCUT2D eigenvalue weighted by Gasteiger charge is -2.51. The minimum atomic E-state index is -3.23. The number of carboxylic acids is 3. The third-order valence-electron chi connectivity index (χ3n) is 27.2. The molecule has 10 saturated heterocycles. The molecule has 40 N–H and O–H groups in total. The van der Waals surface area contributed by atoms with Crippen molar-refractivity contribution >= 4 is 45.7 Å². The highest BCUT2D eigenvalue weighted by molar-refractivity contribution is 9.09. The molecule has 10 rings (SSSR count). The Morgan fingerprint density at radius 2 is 0.764 bits per heavy atom. The smallest absolute Gasteiger partial charge is 0.364 e. The summed E-state index contributed by atoms with van der Waals surface area (Å²) in [6.45, 7) is -8.19. The van der Waals surface area contributed by atoms with Crippen molar-refractivity contribution in [3.63, 3.8) is 0 Å². The standard InChI is InChI=1S/C80H135BrN4O59/c1-21-41(101)56(30(12-88)128-65(21)85-39(99)7-25(66(116)117)84-40(100)10-81)136-68-22(2)42(102)59(33(15-91)130-68)139-73-55(115)60(140-74-62(52(112)46(106)29(11-87)129-74)142-70-24(4)44(104)58(32(14-90)132-70)138-72-54(114)51(111)48(108)36(135-72)20-127-78(76(121)122)9-28(96)64(83)80(124,144-78)38(98)17-93)49(109)34(133-73)18-125-67(118)61(45(105)26(94)5-6-86)141-69-23(3)43(103)57(31(13-89)131-69)137-71-53(113)50(110)47(107)35(134-71)19-126-77(75(119)120)8-27(95)63(82)79(123,143-77)37(97)16-92/h21-38,41-65,67-74,86-98,101-115,118,123-124H,5-20,82-83H2,1-4H3,(H,84,100)(H,85,99)(H,116,117)(H,119,120)(H,121,122)/t21-,22-,23?,24-,25?,26+,27+,28+,29?,30?,31-,32?,33?,34?,35?,36?,37?,38?,41?,42?,43?,44?,45?,46+,47-,48-,49+,50?,51?,52?,53-,54-,55+,56+,57+,58+,59+,60?,61+,62?,63+,64+,65+,67+,68-,69-,70-,71-,72-,73-,74+,77+,78+,79+,80+/m0/s1. The molecule has 0 saturated carbocycles. The quantitative estimate of drug-likeness (QED) is 0.0199.